The van der Waals surface area contributed by atoms with Crippen molar-refractivity contribution < 1.29 is 8.42 Å². The maximum Gasteiger partial charge on any atom is 0.326 e. The monoisotopic (exact) mass is 337 g/mol. The number of fused-ring (bicyclic) bond motifs is 1. The van der Waals surface area contributed by atoms with Crippen LogP contribution >= 0.6 is 11.6 Å². The molecule has 22 heavy (non-hydrogen) atoms. The van der Waals surface area contributed by atoms with E-state index in [0.29, 0.717) is 21.7 Å². The molecule has 0 bridgehead atoms. The second-order valence-corrected chi connectivity index (χ2v) is 6.90. The smallest absolute Gasteiger partial charge is 0.305 e. The molecule has 0 saturated carbocycles. The topological polar surface area (TPSA) is 84.0 Å². The van der Waals surface area contributed by atoms with Gasteiger partial charge in [0, 0.05) is 12.1 Å². The highest BCUT2D eigenvalue weighted by Crippen LogP contribution is 2.21. The highest BCUT2D eigenvalue weighted by atomic mass is 35.5. The second-order valence-electron chi connectivity index (χ2n) is 4.78. The number of rotatable bonds is 3. The van der Waals surface area contributed by atoms with E-state index in [2.05, 4.69) is 9.71 Å². The van der Waals surface area contributed by atoms with Gasteiger partial charge in [0.25, 0.3) is 10.0 Å². The number of sulfonamides is 1. The van der Waals surface area contributed by atoms with Gasteiger partial charge in [-0.05, 0) is 36.4 Å². The van der Waals surface area contributed by atoms with Crippen LogP contribution in [0.5, 0.6) is 0 Å². The van der Waals surface area contributed by atoms with Crippen LogP contribution < -0.4 is 10.4 Å². The normalized spacial score (nSPS) is 11.7. The van der Waals surface area contributed by atoms with E-state index in [-0.39, 0.29) is 10.6 Å². The molecule has 0 aliphatic rings. The van der Waals surface area contributed by atoms with Crippen molar-refractivity contribution in [2.24, 2.45) is 7.05 Å². The Hall–Kier alpha value is -2.25. The Labute approximate surface area is 131 Å². The summed E-state index contributed by atoms with van der Waals surface area (Å²) in [5.74, 6) is 0. The van der Waals surface area contributed by atoms with Gasteiger partial charge < -0.3 is 4.98 Å². The lowest BCUT2D eigenvalue weighted by atomic mass is 10.3. The number of imidazole rings is 1. The van der Waals surface area contributed by atoms with Gasteiger partial charge in [-0.3, -0.25) is 9.29 Å². The fourth-order valence-electron chi connectivity index (χ4n) is 2.15. The first-order valence-electron chi connectivity index (χ1n) is 6.34. The predicted octanol–water partition coefficient (Wildman–Crippen LogP) is 2.32. The number of benzene rings is 2. The Morgan fingerprint density at radius 3 is 2.68 bits per heavy atom. The molecule has 114 valence electrons. The molecule has 3 aromatic rings. The molecule has 0 aliphatic carbocycles. The summed E-state index contributed by atoms with van der Waals surface area (Å²) in [5.41, 5.74) is 1.34. The molecule has 2 aromatic carbocycles. The quantitative estimate of drug-likeness (QED) is 0.769. The molecule has 0 amide bonds. The fraction of sp³-hybridized carbons (Fsp3) is 0.0714. The zero-order chi connectivity index (χ0) is 15.9. The van der Waals surface area contributed by atoms with Crippen LogP contribution in [0.1, 0.15) is 0 Å². The average molecular weight is 338 g/mol. The van der Waals surface area contributed by atoms with Crippen LogP contribution in [-0.4, -0.2) is 18.0 Å². The maximum absolute atomic E-state index is 12.3. The summed E-state index contributed by atoms with van der Waals surface area (Å²) in [4.78, 5) is 14.3. The minimum Gasteiger partial charge on any atom is -0.305 e. The van der Waals surface area contributed by atoms with Crippen LogP contribution in [0.15, 0.2) is 52.2 Å². The maximum atomic E-state index is 12.3. The number of hydrogen-bond acceptors (Lipinski definition) is 3. The first-order chi connectivity index (χ1) is 10.4. The van der Waals surface area contributed by atoms with Gasteiger partial charge in [-0.25, -0.2) is 13.2 Å². The predicted molar refractivity (Wildman–Crippen MR) is 85.8 cm³/mol. The number of aromatic amines is 1. The number of nitrogens with one attached hydrogen (secondary N) is 2. The van der Waals surface area contributed by atoms with E-state index in [4.69, 9.17) is 11.6 Å². The highest BCUT2D eigenvalue weighted by Gasteiger charge is 2.15. The number of halogens is 1. The van der Waals surface area contributed by atoms with Crippen LogP contribution in [0.2, 0.25) is 5.02 Å². The third kappa shape index (κ3) is 2.60. The Balaban J connectivity index is 2.00. The number of nitrogens with zero attached hydrogens (tertiary/aromatic N) is 1. The third-order valence-corrected chi connectivity index (χ3v) is 4.88. The molecule has 8 heteroatoms. The summed E-state index contributed by atoms with van der Waals surface area (Å²) < 4.78 is 28.5. The van der Waals surface area contributed by atoms with Crippen LogP contribution in [0.25, 0.3) is 11.0 Å². The zero-order valence-corrected chi connectivity index (χ0v) is 13.1. The van der Waals surface area contributed by atoms with Crippen molar-refractivity contribution in [3.8, 4) is 0 Å². The van der Waals surface area contributed by atoms with E-state index < -0.39 is 10.0 Å². The lowest BCUT2D eigenvalue weighted by molar-refractivity contribution is 0.601. The number of anilines is 1. The first kappa shape index (κ1) is 14.7. The molecule has 0 atom stereocenters. The molecule has 0 unspecified atom stereocenters. The molecule has 3 rings (SSSR count). The van der Waals surface area contributed by atoms with E-state index in [9.17, 15) is 13.2 Å². The lowest BCUT2D eigenvalue weighted by Gasteiger charge is -2.08. The highest BCUT2D eigenvalue weighted by molar-refractivity contribution is 7.92. The Bertz CT molecular complexity index is 1020. The SMILES string of the molecule is Cn1c(=O)[nH]c2cc(NS(=O)(=O)c3cccc(Cl)c3)ccc21. The van der Waals surface area contributed by atoms with Crippen molar-refractivity contribution in [3.63, 3.8) is 0 Å². The summed E-state index contributed by atoms with van der Waals surface area (Å²) in [7, 11) is -2.11. The molecule has 6 nitrogen and oxygen atoms in total. The molecule has 0 fully saturated rings. The number of H-pyrrole nitrogens is 1. The summed E-state index contributed by atoms with van der Waals surface area (Å²) in [6.45, 7) is 0. The minimum atomic E-state index is -3.74. The van der Waals surface area contributed by atoms with Crippen LogP contribution in [-0.2, 0) is 17.1 Å². The average Bonchev–Trinajstić information content (AvgIpc) is 2.73. The number of aryl methyl sites for hydroxylation is 1. The number of hydrogen-bond donors (Lipinski definition) is 2. The molecule has 1 aromatic heterocycles. The molecule has 1 heterocycles. The summed E-state index contributed by atoms with van der Waals surface area (Å²) in [6.07, 6.45) is 0. The Morgan fingerprint density at radius 2 is 1.95 bits per heavy atom. The molecular formula is C14H12ClN3O3S. The van der Waals surface area contributed by atoms with E-state index in [1.807, 2.05) is 0 Å². The van der Waals surface area contributed by atoms with E-state index in [1.54, 1.807) is 37.4 Å². The van der Waals surface area contributed by atoms with Crippen molar-refractivity contribution in [1.29, 1.82) is 0 Å². The largest absolute Gasteiger partial charge is 0.326 e. The van der Waals surface area contributed by atoms with Gasteiger partial charge in [0.2, 0.25) is 0 Å². The van der Waals surface area contributed by atoms with Gasteiger partial charge >= 0.3 is 5.69 Å². The van der Waals surface area contributed by atoms with Crippen molar-refractivity contribution in [2.75, 3.05) is 4.72 Å². The molecule has 0 aliphatic heterocycles. The Morgan fingerprint density at radius 1 is 1.18 bits per heavy atom. The van der Waals surface area contributed by atoms with Gasteiger partial charge in [-0.1, -0.05) is 17.7 Å². The molecule has 0 radical (unpaired) electrons. The van der Waals surface area contributed by atoms with Crippen LogP contribution in [0.3, 0.4) is 0 Å². The van der Waals surface area contributed by atoms with E-state index in [0.717, 1.165) is 0 Å². The van der Waals surface area contributed by atoms with Gasteiger partial charge in [0.05, 0.1) is 21.6 Å². The second kappa shape index (κ2) is 5.19. The van der Waals surface area contributed by atoms with E-state index >= 15 is 0 Å². The summed E-state index contributed by atoms with van der Waals surface area (Å²) in [5, 5.41) is 0.339. The van der Waals surface area contributed by atoms with Gasteiger partial charge in [-0.2, -0.15) is 0 Å². The molecule has 2 N–H and O–H groups in total. The molecule has 0 saturated heterocycles. The van der Waals surface area contributed by atoms with E-state index in [1.165, 1.54) is 16.7 Å². The van der Waals surface area contributed by atoms with Crippen molar-refractivity contribution in [3.05, 3.63) is 58.0 Å². The standard InChI is InChI=1S/C14H12ClN3O3S/c1-18-13-6-5-10(8-12(13)16-14(18)19)17-22(20,21)11-4-2-3-9(15)7-11/h2-8,17H,1H3,(H,16,19). The lowest BCUT2D eigenvalue weighted by Crippen LogP contribution is -2.12. The summed E-state index contributed by atoms with van der Waals surface area (Å²) >= 11 is 5.82. The van der Waals surface area contributed by atoms with Crippen molar-refractivity contribution >= 4 is 38.3 Å². The zero-order valence-electron chi connectivity index (χ0n) is 11.5. The van der Waals surface area contributed by atoms with Crippen molar-refractivity contribution in [1.82, 2.24) is 9.55 Å². The van der Waals surface area contributed by atoms with Gasteiger partial charge in [-0.15, -0.1) is 0 Å². The van der Waals surface area contributed by atoms with Crippen LogP contribution in [0, 0.1) is 0 Å². The number of aromatic nitrogens is 2. The van der Waals surface area contributed by atoms with Crippen LogP contribution in [0.4, 0.5) is 5.69 Å². The van der Waals surface area contributed by atoms with Crippen molar-refractivity contribution in [2.45, 2.75) is 4.90 Å². The first-order valence-corrected chi connectivity index (χ1v) is 8.20. The third-order valence-electron chi connectivity index (χ3n) is 3.26. The Kier molecular flexibility index (Phi) is 3.46. The fourth-order valence-corrected chi connectivity index (χ4v) is 3.50. The minimum absolute atomic E-state index is 0.0710. The summed E-state index contributed by atoms with van der Waals surface area (Å²) in [6, 6.07) is 10.8. The molecule has 0 spiro atoms. The van der Waals surface area contributed by atoms with Gasteiger partial charge in [0.15, 0.2) is 0 Å². The van der Waals surface area contributed by atoms with Gasteiger partial charge in [0.1, 0.15) is 0 Å². The molecular weight excluding hydrogens is 326 g/mol.